The van der Waals surface area contributed by atoms with Crippen LogP contribution < -0.4 is 9.47 Å². The maximum Gasteiger partial charge on any atom is 0.284 e. The van der Waals surface area contributed by atoms with Gasteiger partial charge in [-0.3, -0.25) is 9.69 Å². The molecule has 0 spiro atoms. The Morgan fingerprint density at radius 3 is 2.32 bits per heavy atom. The summed E-state index contributed by atoms with van der Waals surface area (Å²) in [6.07, 6.45) is 2.51. The monoisotopic (exact) mass is 536 g/mol. The summed E-state index contributed by atoms with van der Waals surface area (Å²) in [7, 11) is -2.41. The number of ether oxygens (including phenoxy) is 2. The Morgan fingerprint density at radius 1 is 0.946 bits per heavy atom. The normalized spacial score (nSPS) is 16.0. The number of hydrogen-bond acceptors (Lipinski definition) is 6. The van der Waals surface area contributed by atoms with Crippen LogP contribution in [0, 0.1) is 0 Å². The first-order valence-electron chi connectivity index (χ1n) is 11.8. The molecule has 0 saturated carbocycles. The number of nitrogens with zero attached hydrogens (tertiary/aromatic N) is 2. The zero-order chi connectivity index (χ0) is 26.4. The molecule has 3 aromatic carbocycles. The topological polar surface area (TPSA) is 85.3 Å². The van der Waals surface area contributed by atoms with Crippen LogP contribution in [0.1, 0.15) is 30.5 Å². The maximum absolute atomic E-state index is 13.0. The van der Waals surface area contributed by atoms with Crippen LogP contribution in [0.4, 0.5) is 0 Å². The third-order valence-corrected chi connectivity index (χ3v) is 8.16. The highest BCUT2D eigenvalue weighted by atomic mass is 32.2. The smallest absolute Gasteiger partial charge is 0.284 e. The van der Waals surface area contributed by atoms with E-state index in [-0.39, 0.29) is 16.0 Å². The van der Waals surface area contributed by atoms with E-state index in [9.17, 15) is 13.2 Å². The summed E-state index contributed by atoms with van der Waals surface area (Å²) in [5, 5.41) is 0.132. The average molecular weight is 537 g/mol. The second-order valence-corrected chi connectivity index (χ2v) is 10.8. The second kappa shape index (κ2) is 11.7. The minimum absolute atomic E-state index is 0.0922. The first-order valence-corrected chi connectivity index (χ1v) is 14.1. The molecular weight excluding hydrogens is 508 g/mol. The van der Waals surface area contributed by atoms with Gasteiger partial charge in [0, 0.05) is 6.54 Å². The van der Waals surface area contributed by atoms with Gasteiger partial charge in [0.05, 0.1) is 16.9 Å². The molecule has 1 heterocycles. The molecule has 0 aromatic heterocycles. The van der Waals surface area contributed by atoms with Gasteiger partial charge in [-0.25, -0.2) is 0 Å². The molecule has 4 rings (SSSR count). The third-order valence-electron chi connectivity index (χ3n) is 5.75. The van der Waals surface area contributed by atoms with Crippen molar-refractivity contribution in [3.8, 4) is 11.5 Å². The lowest BCUT2D eigenvalue weighted by atomic mass is 10.1. The number of hydrogen-bond donors (Lipinski definition) is 0. The summed E-state index contributed by atoms with van der Waals surface area (Å²) in [5.74, 6) is 0.808. The molecule has 0 N–H and O–H groups in total. The van der Waals surface area contributed by atoms with Crippen molar-refractivity contribution in [3.05, 3.63) is 94.4 Å². The molecule has 37 heavy (non-hydrogen) atoms. The molecule has 7 nitrogen and oxygen atoms in total. The number of thioether (sulfide) groups is 1. The Kier molecular flexibility index (Phi) is 8.35. The molecule has 1 amide bonds. The van der Waals surface area contributed by atoms with Crippen molar-refractivity contribution >= 4 is 38.9 Å². The standard InChI is InChI=1S/C28H28N2O5S2/c1-4-20-11-14-23(15-12-20)37(32,33)29-28-30(5-2)27(31)26(36-28)18-22-13-16-24(25(17-22)34-3)35-19-21-9-7-6-8-10-21/h6-18H,4-5,19H2,1-3H3/b26-18+,29-28-. The number of carbonyl (C=O) groups excluding carboxylic acids is 1. The number of rotatable bonds is 9. The summed E-state index contributed by atoms with van der Waals surface area (Å²) >= 11 is 1.04. The lowest BCUT2D eigenvalue weighted by molar-refractivity contribution is -0.122. The minimum atomic E-state index is -3.97. The van der Waals surface area contributed by atoms with Crippen molar-refractivity contribution in [1.29, 1.82) is 0 Å². The van der Waals surface area contributed by atoms with Crippen molar-refractivity contribution in [3.63, 3.8) is 0 Å². The molecule has 0 bridgehead atoms. The molecule has 0 radical (unpaired) electrons. The van der Waals surface area contributed by atoms with Gasteiger partial charge in [0.2, 0.25) is 0 Å². The summed E-state index contributed by atoms with van der Waals surface area (Å²) in [5.41, 5.74) is 2.78. The summed E-state index contributed by atoms with van der Waals surface area (Å²) in [6, 6.07) is 21.8. The minimum Gasteiger partial charge on any atom is -0.493 e. The van der Waals surface area contributed by atoms with E-state index in [1.54, 1.807) is 56.5 Å². The third kappa shape index (κ3) is 6.23. The first-order chi connectivity index (χ1) is 17.8. The zero-order valence-corrected chi connectivity index (χ0v) is 22.5. The van der Waals surface area contributed by atoms with Gasteiger partial charge in [0.15, 0.2) is 16.7 Å². The van der Waals surface area contributed by atoms with Crippen molar-refractivity contribution in [1.82, 2.24) is 4.90 Å². The highest BCUT2D eigenvalue weighted by Crippen LogP contribution is 2.35. The number of sulfonamides is 1. The van der Waals surface area contributed by atoms with E-state index in [0.717, 1.165) is 34.9 Å². The molecule has 1 fully saturated rings. The van der Waals surface area contributed by atoms with Crippen LogP contribution in [-0.2, 0) is 27.8 Å². The van der Waals surface area contributed by atoms with Crippen LogP contribution in [0.5, 0.6) is 11.5 Å². The van der Waals surface area contributed by atoms with E-state index in [1.807, 2.05) is 43.3 Å². The number of likely N-dealkylation sites (N-methyl/N-ethyl adjacent to an activating group) is 1. The number of aryl methyl sites for hydroxylation is 1. The van der Waals surface area contributed by atoms with Crippen LogP contribution in [0.3, 0.4) is 0 Å². The molecule has 192 valence electrons. The van der Waals surface area contributed by atoms with Gasteiger partial charge >= 0.3 is 0 Å². The summed E-state index contributed by atoms with van der Waals surface area (Å²) in [6.45, 7) is 4.47. The van der Waals surface area contributed by atoms with Crippen LogP contribution in [0.15, 0.2) is 87.0 Å². The van der Waals surface area contributed by atoms with Crippen LogP contribution in [0.25, 0.3) is 6.08 Å². The number of carbonyl (C=O) groups is 1. The predicted molar refractivity (Wildman–Crippen MR) is 147 cm³/mol. The van der Waals surface area contributed by atoms with E-state index in [0.29, 0.717) is 29.6 Å². The highest BCUT2D eigenvalue weighted by Gasteiger charge is 2.34. The maximum atomic E-state index is 13.0. The van der Waals surface area contributed by atoms with E-state index < -0.39 is 10.0 Å². The lowest BCUT2D eigenvalue weighted by Crippen LogP contribution is -2.29. The highest BCUT2D eigenvalue weighted by molar-refractivity contribution is 8.19. The molecular formula is C28H28N2O5S2. The molecule has 3 aromatic rings. The van der Waals surface area contributed by atoms with Crippen LogP contribution in [0.2, 0.25) is 0 Å². The van der Waals surface area contributed by atoms with E-state index in [4.69, 9.17) is 9.47 Å². The summed E-state index contributed by atoms with van der Waals surface area (Å²) in [4.78, 5) is 14.9. The Labute approximate surface area is 221 Å². The molecule has 1 aliphatic heterocycles. The fraction of sp³-hybridized carbons (Fsp3) is 0.214. The van der Waals surface area contributed by atoms with Gasteiger partial charge in [-0.15, -0.1) is 4.40 Å². The van der Waals surface area contributed by atoms with Gasteiger partial charge < -0.3 is 9.47 Å². The largest absolute Gasteiger partial charge is 0.493 e. The molecule has 1 saturated heterocycles. The van der Waals surface area contributed by atoms with Gasteiger partial charge in [0.25, 0.3) is 15.9 Å². The Balaban J connectivity index is 1.57. The second-order valence-electron chi connectivity index (χ2n) is 8.19. The fourth-order valence-corrected chi connectivity index (χ4v) is 5.93. The zero-order valence-electron chi connectivity index (χ0n) is 20.9. The van der Waals surface area contributed by atoms with Gasteiger partial charge in [0.1, 0.15) is 6.61 Å². The number of benzene rings is 3. The Hall–Kier alpha value is -3.56. The molecule has 0 unspecified atom stereocenters. The fourth-order valence-electron chi connectivity index (χ4n) is 3.69. The van der Waals surface area contributed by atoms with E-state index in [1.165, 1.54) is 4.90 Å². The molecule has 0 aliphatic carbocycles. The summed E-state index contributed by atoms with van der Waals surface area (Å²) < 4.78 is 41.2. The Morgan fingerprint density at radius 2 is 1.68 bits per heavy atom. The number of amidine groups is 1. The van der Waals surface area contributed by atoms with Crippen molar-refractivity contribution < 1.29 is 22.7 Å². The van der Waals surface area contributed by atoms with E-state index >= 15 is 0 Å². The molecule has 0 atom stereocenters. The van der Waals surface area contributed by atoms with Crippen LogP contribution in [-0.4, -0.2) is 38.0 Å². The molecule has 1 aliphatic rings. The van der Waals surface area contributed by atoms with Gasteiger partial charge in [-0.1, -0.05) is 55.5 Å². The first kappa shape index (κ1) is 26.5. The van der Waals surface area contributed by atoms with Gasteiger partial charge in [-0.2, -0.15) is 8.42 Å². The van der Waals surface area contributed by atoms with E-state index in [2.05, 4.69) is 4.40 Å². The SMILES string of the molecule is CCc1ccc(S(=O)(=O)/N=C2\S/C(=C/c3ccc(OCc4ccccc4)c(OC)c3)C(=O)N2CC)cc1. The molecule has 9 heteroatoms. The average Bonchev–Trinajstić information content (AvgIpc) is 3.20. The van der Waals surface area contributed by atoms with Crippen molar-refractivity contribution in [2.24, 2.45) is 4.40 Å². The van der Waals surface area contributed by atoms with Crippen molar-refractivity contribution in [2.45, 2.75) is 31.8 Å². The Bertz CT molecular complexity index is 1430. The quantitative estimate of drug-likeness (QED) is 0.335. The number of methoxy groups -OCH3 is 1. The predicted octanol–water partition coefficient (Wildman–Crippen LogP) is 5.52. The van der Waals surface area contributed by atoms with Gasteiger partial charge in [-0.05, 0) is 72.1 Å². The van der Waals surface area contributed by atoms with Crippen LogP contribution >= 0.6 is 11.8 Å². The lowest BCUT2D eigenvalue weighted by Gasteiger charge is -2.12. The van der Waals surface area contributed by atoms with Crippen molar-refractivity contribution in [2.75, 3.05) is 13.7 Å². The number of amides is 1.